The Morgan fingerprint density at radius 3 is 2.62 bits per heavy atom. The molecule has 1 atom stereocenters. The first-order valence-corrected chi connectivity index (χ1v) is 7.85. The van der Waals surface area contributed by atoms with Gasteiger partial charge in [-0.25, -0.2) is 14.3 Å². The van der Waals surface area contributed by atoms with Gasteiger partial charge < -0.3 is 24.7 Å². The van der Waals surface area contributed by atoms with E-state index in [4.69, 9.17) is 24.7 Å². The summed E-state index contributed by atoms with van der Waals surface area (Å²) >= 11 is 0. The van der Waals surface area contributed by atoms with Gasteiger partial charge in [-0.15, -0.1) is 0 Å². The summed E-state index contributed by atoms with van der Waals surface area (Å²) < 4.78 is 21.7. The SMILES string of the molecule is CCOCCOC(C)C(=O)OCCn1ncc(C(=O)OCC)c1N. The lowest BCUT2D eigenvalue weighted by Crippen LogP contribution is -2.26. The topological polar surface area (TPSA) is 115 Å². The largest absolute Gasteiger partial charge is 0.462 e. The Bertz CT molecular complexity index is 531. The molecule has 1 rings (SSSR count). The first-order chi connectivity index (χ1) is 11.5. The monoisotopic (exact) mass is 343 g/mol. The van der Waals surface area contributed by atoms with Gasteiger partial charge in [0.1, 0.15) is 18.0 Å². The van der Waals surface area contributed by atoms with E-state index in [-0.39, 0.29) is 31.1 Å². The molecule has 0 saturated carbocycles. The van der Waals surface area contributed by atoms with Gasteiger partial charge in [-0.05, 0) is 20.8 Å². The van der Waals surface area contributed by atoms with E-state index in [1.807, 2.05) is 6.92 Å². The average molecular weight is 343 g/mol. The van der Waals surface area contributed by atoms with Gasteiger partial charge in [-0.3, -0.25) is 0 Å². The van der Waals surface area contributed by atoms with Crippen LogP contribution in [0.15, 0.2) is 6.20 Å². The first-order valence-electron chi connectivity index (χ1n) is 7.85. The zero-order valence-corrected chi connectivity index (χ0v) is 14.3. The second-order valence-electron chi connectivity index (χ2n) is 4.76. The number of aromatic nitrogens is 2. The van der Waals surface area contributed by atoms with Crippen LogP contribution in [-0.2, 0) is 30.3 Å². The highest BCUT2D eigenvalue weighted by molar-refractivity contribution is 5.93. The van der Waals surface area contributed by atoms with E-state index in [0.717, 1.165) is 0 Å². The standard InChI is InChI=1S/C15H25N3O6/c1-4-21-8-9-23-11(3)14(19)24-7-6-18-13(16)12(10-17-18)15(20)22-5-2/h10-11H,4-9,16H2,1-3H3. The molecule has 0 saturated heterocycles. The number of nitrogens with two attached hydrogens (primary N) is 1. The van der Waals surface area contributed by atoms with Crippen molar-refractivity contribution in [3.8, 4) is 0 Å². The lowest BCUT2D eigenvalue weighted by Gasteiger charge is -2.13. The molecule has 0 radical (unpaired) electrons. The maximum absolute atomic E-state index is 11.8. The molecule has 0 bridgehead atoms. The van der Waals surface area contributed by atoms with E-state index in [1.165, 1.54) is 10.9 Å². The third kappa shape index (κ3) is 6.17. The van der Waals surface area contributed by atoms with Gasteiger partial charge in [-0.2, -0.15) is 5.10 Å². The van der Waals surface area contributed by atoms with Crippen molar-refractivity contribution in [2.75, 3.05) is 38.8 Å². The number of carbonyl (C=O) groups is 2. The van der Waals surface area contributed by atoms with Gasteiger partial charge in [0.05, 0.1) is 32.6 Å². The first kappa shape index (κ1) is 19.9. The molecule has 0 aliphatic rings. The van der Waals surface area contributed by atoms with Crippen LogP contribution in [0, 0.1) is 0 Å². The van der Waals surface area contributed by atoms with Crippen molar-refractivity contribution < 1.29 is 28.5 Å². The number of anilines is 1. The van der Waals surface area contributed by atoms with Crippen molar-refractivity contribution >= 4 is 17.8 Å². The highest BCUT2D eigenvalue weighted by Crippen LogP contribution is 2.12. The van der Waals surface area contributed by atoms with E-state index >= 15 is 0 Å². The molecule has 9 heteroatoms. The maximum Gasteiger partial charge on any atom is 0.343 e. The molecule has 1 aromatic heterocycles. The third-order valence-electron chi connectivity index (χ3n) is 3.05. The smallest absolute Gasteiger partial charge is 0.343 e. The summed E-state index contributed by atoms with van der Waals surface area (Å²) in [6.45, 7) is 7.07. The van der Waals surface area contributed by atoms with Crippen molar-refractivity contribution in [1.82, 2.24) is 9.78 Å². The average Bonchev–Trinajstić information content (AvgIpc) is 2.92. The van der Waals surface area contributed by atoms with Gasteiger partial charge in [-0.1, -0.05) is 0 Å². The lowest BCUT2D eigenvalue weighted by molar-refractivity contribution is -0.157. The van der Waals surface area contributed by atoms with Gasteiger partial charge in [0.25, 0.3) is 0 Å². The normalized spacial score (nSPS) is 12.0. The number of rotatable bonds is 11. The summed E-state index contributed by atoms with van der Waals surface area (Å²) in [7, 11) is 0. The molecule has 0 aliphatic heterocycles. The quantitative estimate of drug-likeness (QED) is 0.459. The number of esters is 2. The van der Waals surface area contributed by atoms with Crippen LogP contribution < -0.4 is 5.73 Å². The van der Waals surface area contributed by atoms with Crippen molar-refractivity contribution in [3.05, 3.63) is 11.8 Å². The molecule has 2 N–H and O–H groups in total. The minimum Gasteiger partial charge on any atom is -0.462 e. The van der Waals surface area contributed by atoms with E-state index < -0.39 is 18.0 Å². The zero-order valence-electron chi connectivity index (χ0n) is 14.3. The molecule has 24 heavy (non-hydrogen) atoms. The minimum atomic E-state index is -0.685. The van der Waals surface area contributed by atoms with Gasteiger partial charge >= 0.3 is 11.9 Å². The Kier molecular flexibility index (Phi) is 8.80. The Labute approximate surface area is 141 Å². The number of hydrogen-bond acceptors (Lipinski definition) is 8. The number of carbonyl (C=O) groups excluding carboxylic acids is 2. The van der Waals surface area contributed by atoms with Gasteiger partial charge in [0.2, 0.25) is 0 Å². The highest BCUT2D eigenvalue weighted by Gasteiger charge is 2.17. The molecule has 1 aromatic rings. The third-order valence-corrected chi connectivity index (χ3v) is 3.05. The summed E-state index contributed by atoms with van der Waals surface area (Å²) in [6.07, 6.45) is 0.643. The van der Waals surface area contributed by atoms with E-state index in [9.17, 15) is 9.59 Å². The molecule has 1 unspecified atom stereocenters. The van der Waals surface area contributed by atoms with Crippen LogP contribution in [-0.4, -0.2) is 60.9 Å². The number of nitrogens with zero attached hydrogens (tertiary/aromatic N) is 2. The molecule has 0 amide bonds. The molecule has 0 fully saturated rings. The fourth-order valence-corrected chi connectivity index (χ4v) is 1.79. The molecular formula is C15H25N3O6. The van der Waals surface area contributed by atoms with Crippen LogP contribution in [0.2, 0.25) is 0 Å². The van der Waals surface area contributed by atoms with Gasteiger partial charge in [0, 0.05) is 6.61 Å². The van der Waals surface area contributed by atoms with Crippen LogP contribution in [0.4, 0.5) is 5.82 Å². The van der Waals surface area contributed by atoms with E-state index in [1.54, 1.807) is 13.8 Å². The molecule has 1 heterocycles. The van der Waals surface area contributed by atoms with Crippen LogP contribution in [0.3, 0.4) is 0 Å². The van der Waals surface area contributed by atoms with Crippen molar-refractivity contribution in [2.24, 2.45) is 0 Å². The molecule has 0 aliphatic carbocycles. The molecule has 0 aromatic carbocycles. The summed E-state index contributed by atoms with van der Waals surface area (Å²) in [5.41, 5.74) is 6.02. The molecule has 0 spiro atoms. The zero-order chi connectivity index (χ0) is 17.9. The summed E-state index contributed by atoms with van der Waals surface area (Å²) in [6, 6.07) is 0. The van der Waals surface area contributed by atoms with Crippen molar-refractivity contribution in [1.29, 1.82) is 0 Å². The van der Waals surface area contributed by atoms with Crippen LogP contribution in [0.25, 0.3) is 0 Å². The fourth-order valence-electron chi connectivity index (χ4n) is 1.79. The van der Waals surface area contributed by atoms with Crippen LogP contribution in [0.1, 0.15) is 31.1 Å². The summed E-state index contributed by atoms with van der Waals surface area (Å²) in [5, 5.41) is 3.98. The minimum absolute atomic E-state index is 0.0616. The molecule has 136 valence electrons. The summed E-state index contributed by atoms with van der Waals surface area (Å²) in [5.74, 6) is -0.845. The van der Waals surface area contributed by atoms with Gasteiger partial charge in [0.15, 0.2) is 6.10 Å². The van der Waals surface area contributed by atoms with Crippen molar-refractivity contribution in [3.63, 3.8) is 0 Å². The second-order valence-corrected chi connectivity index (χ2v) is 4.76. The predicted octanol–water partition coefficient (Wildman–Crippen LogP) is 0.627. The van der Waals surface area contributed by atoms with E-state index in [2.05, 4.69) is 5.10 Å². The Morgan fingerprint density at radius 1 is 1.21 bits per heavy atom. The summed E-state index contributed by atoms with van der Waals surface area (Å²) in [4.78, 5) is 23.4. The van der Waals surface area contributed by atoms with E-state index in [0.29, 0.717) is 19.8 Å². The maximum atomic E-state index is 11.8. The molecular weight excluding hydrogens is 318 g/mol. The predicted molar refractivity (Wildman–Crippen MR) is 85.5 cm³/mol. The Balaban J connectivity index is 2.36. The van der Waals surface area contributed by atoms with Crippen LogP contribution in [0.5, 0.6) is 0 Å². The molecule has 9 nitrogen and oxygen atoms in total. The lowest BCUT2D eigenvalue weighted by atomic mass is 10.3. The number of nitrogen functional groups attached to an aromatic ring is 1. The number of ether oxygens (including phenoxy) is 4. The van der Waals surface area contributed by atoms with Crippen molar-refractivity contribution in [2.45, 2.75) is 33.4 Å². The fraction of sp³-hybridized carbons (Fsp3) is 0.667. The Morgan fingerprint density at radius 2 is 1.96 bits per heavy atom. The Hall–Kier alpha value is -2.13. The highest BCUT2D eigenvalue weighted by atomic mass is 16.6. The van der Waals surface area contributed by atoms with Crippen LogP contribution >= 0.6 is 0 Å². The number of hydrogen-bond donors (Lipinski definition) is 1. The second kappa shape index (κ2) is 10.6.